The van der Waals surface area contributed by atoms with E-state index in [4.69, 9.17) is 0 Å². The quantitative estimate of drug-likeness (QED) is 0.827. The summed E-state index contributed by atoms with van der Waals surface area (Å²) in [5, 5.41) is 8.84. The zero-order chi connectivity index (χ0) is 18.0. The summed E-state index contributed by atoms with van der Waals surface area (Å²) in [5.74, 6) is 0. The molecule has 0 radical (unpaired) electrons. The van der Waals surface area contributed by atoms with E-state index in [1.165, 1.54) is 11.3 Å². The largest absolute Gasteiger partial charge is 0.341 e. The van der Waals surface area contributed by atoms with Crippen molar-refractivity contribution in [2.75, 3.05) is 25.9 Å². The smallest absolute Gasteiger partial charge is 0.335 e. The van der Waals surface area contributed by atoms with Gasteiger partial charge in [-0.2, -0.15) is 5.10 Å². The van der Waals surface area contributed by atoms with Gasteiger partial charge >= 0.3 is 12.1 Å². The van der Waals surface area contributed by atoms with Crippen LogP contribution in [0.25, 0.3) is 0 Å². The van der Waals surface area contributed by atoms with Gasteiger partial charge in [-0.1, -0.05) is 6.07 Å². The molecular formula is C14H17N5O4S2. The topological polar surface area (TPSA) is 105 Å². The van der Waals surface area contributed by atoms with Crippen molar-refractivity contribution in [3.05, 3.63) is 40.8 Å². The Morgan fingerprint density at radius 1 is 1.40 bits per heavy atom. The highest BCUT2D eigenvalue weighted by Crippen LogP contribution is 2.22. The lowest BCUT2D eigenvalue weighted by molar-refractivity contribution is 0.193. The van der Waals surface area contributed by atoms with Crippen molar-refractivity contribution in [2.24, 2.45) is 0 Å². The summed E-state index contributed by atoms with van der Waals surface area (Å²) in [6.45, 7) is 0.228. The summed E-state index contributed by atoms with van der Waals surface area (Å²) in [5.41, 5.74) is 0. The molecule has 1 fully saturated rings. The number of nitrogens with one attached hydrogen (secondary N) is 1. The molecule has 3 heterocycles. The van der Waals surface area contributed by atoms with Crippen LogP contribution in [0.5, 0.6) is 0 Å². The second-order valence-corrected chi connectivity index (χ2v) is 8.36. The van der Waals surface area contributed by atoms with Crippen LogP contribution in [-0.4, -0.2) is 65.4 Å². The highest BCUT2D eigenvalue weighted by molar-refractivity contribution is 7.88. The molecule has 11 heteroatoms. The minimum Gasteiger partial charge on any atom is -0.335 e. The van der Waals surface area contributed by atoms with Crippen LogP contribution < -0.4 is 5.32 Å². The molecule has 1 saturated heterocycles. The molecule has 1 atom stereocenters. The molecule has 0 spiro atoms. The minimum atomic E-state index is -3.67. The van der Waals surface area contributed by atoms with Gasteiger partial charge in [0, 0.05) is 23.8 Å². The maximum Gasteiger partial charge on any atom is 0.341 e. The summed E-state index contributed by atoms with van der Waals surface area (Å²) in [7, 11) is -3.67. The molecule has 0 saturated carbocycles. The van der Waals surface area contributed by atoms with Crippen molar-refractivity contribution >= 4 is 33.4 Å². The Morgan fingerprint density at radius 3 is 2.76 bits per heavy atom. The van der Waals surface area contributed by atoms with Crippen LogP contribution >= 0.6 is 11.3 Å². The third-order valence-electron chi connectivity index (χ3n) is 3.78. The lowest BCUT2D eigenvalue weighted by Gasteiger charge is -2.20. The summed E-state index contributed by atoms with van der Waals surface area (Å²) < 4.78 is 25.5. The first-order valence-corrected chi connectivity index (χ1v) is 10.2. The standard InChI is InChI=1S/C14H17N5O4S2/c1-25(22,23)19-8-7-17(14(19)21)13(20)15-10-11(12-4-2-9-24-12)18-6-3-5-16-18/h2-6,9,11H,7-8,10H2,1H3,(H,15,20). The molecular weight excluding hydrogens is 366 g/mol. The minimum absolute atomic E-state index is 0.0292. The van der Waals surface area contributed by atoms with Gasteiger partial charge in [0.05, 0.1) is 19.3 Å². The second-order valence-electron chi connectivity index (χ2n) is 5.47. The van der Waals surface area contributed by atoms with Gasteiger partial charge in [-0.3, -0.25) is 4.68 Å². The number of carbonyl (C=O) groups is 2. The van der Waals surface area contributed by atoms with Gasteiger partial charge in [-0.25, -0.2) is 27.2 Å². The molecule has 0 aliphatic carbocycles. The van der Waals surface area contributed by atoms with Crippen molar-refractivity contribution in [3.63, 3.8) is 0 Å². The molecule has 4 amide bonds. The van der Waals surface area contributed by atoms with E-state index in [-0.39, 0.29) is 25.7 Å². The number of urea groups is 2. The van der Waals surface area contributed by atoms with Crippen molar-refractivity contribution in [3.8, 4) is 0 Å². The Bertz CT molecular complexity index is 814. The number of hydrogen-bond acceptors (Lipinski definition) is 6. The average Bonchev–Trinajstić information content (AvgIpc) is 3.28. The third-order valence-corrected chi connectivity index (χ3v) is 5.89. The number of amides is 4. The van der Waals surface area contributed by atoms with Gasteiger partial charge in [0.1, 0.15) is 6.04 Å². The number of imide groups is 1. The van der Waals surface area contributed by atoms with E-state index in [0.29, 0.717) is 4.31 Å². The molecule has 3 rings (SSSR count). The highest BCUT2D eigenvalue weighted by atomic mass is 32.2. The van der Waals surface area contributed by atoms with E-state index >= 15 is 0 Å². The molecule has 2 aromatic rings. The lowest BCUT2D eigenvalue weighted by atomic mass is 10.2. The number of carbonyl (C=O) groups excluding carboxylic acids is 2. The normalized spacial score (nSPS) is 16.3. The van der Waals surface area contributed by atoms with Crippen LogP contribution in [0.15, 0.2) is 36.0 Å². The Balaban J connectivity index is 1.68. The lowest BCUT2D eigenvalue weighted by Crippen LogP contribution is -2.45. The van der Waals surface area contributed by atoms with E-state index in [9.17, 15) is 18.0 Å². The predicted molar refractivity (Wildman–Crippen MR) is 91.7 cm³/mol. The Hall–Kier alpha value is -2.40. The number of thiophene rings is 1. The molecule has 1 unspecified atom stereocenters. The van der Waals surface area contributed by atoms with E-state index in [2.05, 4.69) is 10.4 Å². The Morgan fingerprint density at radius 2 is 2.20 bits per heavy atom. The molecule has 9 nitrogen and oxygen atoms in total. The van der Waals surface area contributed by atoms with Crippen molar-refractivity contribution < 1.29 is 18.0 Å². The van der Waals surface area contributed by atoms with Gasteiger partial charge in [0.15, 0.2) is 0 Å². The number of sulfonamides is 1. The van der Waals surface area contributed by atoms with Gasteiger partial charge in [-0.05, 0) is 17.5 Å². The molecule has 1 aliphatic rings. The van der Waals surface area contributed by atoms with Crippen LogP contribution in [0.4, 0.5) is 9.59 Å². The first kappa shape index (κ1) is 17.4. The summed E-state index contributed by atoms with van der Waals surface area (Å²) in [6.07, 6.45) is 4.39. The Labute approximate surface area is 148 Å². The molecule has 134 valence electrons. The fourth-order valence-electron chi connectivity index (χ4n) is 2.56. The van der Waals surface area contributed by atoms with Crippen LogP contribution in [-0.2, 0) is 10.0 Å². The SMILES string of the molecule is CS(=O)(=O)N1CCN(C(=O)NCC(c2cccs2)n2cccn2)C1=O. The van der Waals surface area contributed by atoms with E-state index in [1.807, 2.05) is 17.5 Å². The van der Waals surface area contributed by atoms with Crippen LogP contribution in [0, 0.1) is 0 Å². The monoisotopic (exact) mass is 383 g/mol. The Kier molecular flexibility index (Phi) is 4.77. The summed E-state index contributed by atoms with van der Waals surface area (Å²) in [6, 6.07) is 3.98. The van der Waals surface area contributed by atoms with Crippen LogP contribution in [0.3, 0.4) is 0 Å². The fourth-order valence-corrected chi connectivity index (χ4v) is 4.18. The number of nitrogens with zero attached hydrogens (tertiary/aromatic N) is 4. The maximum absolute atomic E-state index is 12.3. The molecule has 2 aromatic heterocycles. The molecule has 1 aliphatic heterocycles. The predicted octanol–water partition coefficient (Wildman–Crippen LogP) is 0.941. The summed E-state index contributed by atoms with van der Waals surface area (Å²) in [4.78, 5) is 26.3. The number of rotatable bonds is 5. The second kappa shape index (κ2) is 6.84. The van der Waals surface area contributed by atoms with E-state index in [1.54, 1.807) is 23.1 Å². The van der Waals surface area contributed by atoms with Crippen LogP contribution in [0.2, 0.25) is 0 Å². The maximum atomic E-state index is 12.3. The number of hydrogen-bond donors (Lipinski definition) is 1. The van der Waals surface area contributed by atoms with Gasteiger partial charge in [0.2, 0.25) is 10.0 Å². The number of aromatic nitrogens is 2. The van der Waals surface area contributed by atoms with Crippen LogP contribution in [0.1, 0.15) is 10.9 Å². The zero-order valence-electron chi connectivity index (χ0n) is 13.4. The van der Waals surface area contributed by atoms with Crippen molar-refractivity contribution in [2.45, 2.75) is 6.04 Å². The van der Waals surface area contributed by atoms with Gasteiger partial charge in [0.25, 0.3) is 0 Å². The van der Waals surface area contributed by atoms with Crippen molar-refractivity contribution in [1.29, 1.82) is 0 Å². The average molecular weight is 383 g/mol. The van der Waals surface area contributed by atoms with Gasteiger partial charge in [-0.15, -0.1) is 11.3 Å². The zero-order valence-corrected chi connectivity index (χ0v) is 15.0. The fraction of sp³-hybridized carbons (Fsp3) is 0.357. The van der Waals surface area contributed by atoms with Crippen molar-refractivity contribution in [1.82, 2.24) is 24.3 Å². The van der Waals surface area contributed by atoms with Gasteiger partial charge < -0.3 is 5.32 Å². The summed E-state index contributed by atoms with van der Waals surface area (Å²) >= 11 is 1.54. The third kappa shape index (κ3) is 3.66. The molecule has 1 N–H and O–H groups in total. The van der Waals surface area contributed by atoms with E-state index in [0.717, 1.165) is 16.0 Å². The van der Waals surface area contributed by atoms with E-state index < -0.39 is 22.1 Å². The first-order chi connectivity index (χ1) is 11.9. The molecule has 25 heavy (non-hydrogen) atoms. The first-order valence-electron chi connectivity index (χ1n) is 7.47. The molecule has 0 bridgehead atoms. The molecule has 0 aromatic carbocycles. The highest BCUT2D eigenvalue weighted by Gasteiger charge is 2.38.